The van der Waals surface area contributed by atoms with Crippen LogP contribution >= 0.6 is 0 Å². The highest BCUT2D eigenvalue weighted by Crippen LogP contribution is 2.26. The maximum absolute atomic E-state index is 12.6. The maximum atomic E-state index is 12.6. The molecular formula is C19H27NO3. The molecule has 1 aliphatic heterocycles. The van der Waals surface area contributed by atoms with E-state index in [1.54, 1.807) is 6.92 Å². The Balaban J connectivity index is 1.63. The number of nitrogens with zero attached hydrogens (tertiary/aromatic N) is 1. The zero-order valence-electron chi connectivity index (χ0n) is 13.9. The number of ether oxygens (including phenoxy) is 1. The van der Waals surface area contributed by atoms with Gasteiger partial charge in [0.05, 0.1) is 12.2 Å². The molecule has 0 bridgehead atoms. The van der Waals surface area contributed by atoms with Crippen molar-refractivity contribution >= 4 is 5.91 Å². The third-order valence-corrected chi connectivity index (χ3v) is 5.13. The Labute approximate surface area is 138 Å². The number of benzene rings is 1. The SMILES string of the molecule is CC(O)C1CCN(C(=O)c2cccc(OC3CCCCC3)c2)C1. The number of carbonyl (C=O) groups is 1. The third-order valence-electron chi connectivity index (χ3n) is 5.13. The van der Waals surface area contributed by atoms with Gasteiger partial charge in [-0.05, 0) is 57.2 Å². The molecular weight excluding hydrogens is 290 g/mol. The summed E-state index contributed by atoms with van der Waals surface area (Å²) in [4.78, 5) is 14.5. The average Bonchev–Trinajstić information content (AvgIpc) is 3.06. The van der Waals surface area contributed by atoms with Crippen molar-refractivity contribution in [1.29, 1.82) is 0 Å². The van der Waals surface area contributed by atoms with Crippen LogP contribution in [-0.2, 0) is 0 Å². The molecule has 1 aromatic rings. The number of hydrogen-bond acceptors (Lipinski definition) is 3. The fraction of sp³-hybridized carbons (Fsp3) is 0.632. The van der Waals surface area contributed by atoms with E-state index in [9.17, 15) is 9.90 Å². The Bertz CT molecular complexity index is 537. The Hall–Kier alpha value is -1.55. The molecule has 1 saturated carbocycles. The summed E-state index contributed by atoms with van der Waals surface area (Å²) in [6.07, 6.45) is 6.81. The molecule has 2 aliphatic rings. The summed E-state index contributed by atoms with van der Waals surface area (Å²) in [6.45, 7) is 3.17. The van der Waals surface area contributed by atoms with Crippen LogP contribution in [0.1, 0.15) is 55.8 Å². The van der Waals surface area contributed by atoms with E-state index in [2.05, 4.69) is 0 Å². The van der Waals surface area contributed by atoms with Gasteiger partial charge in [0.1, 0.15) is 5.75 Å². The molecule has 2 unspecified atom stereocenters. The zero-order valence-corrected chi connectivity index (χ0v) is 13.9. The standard InChI is InChI=1S/C19H27NO3/c1-14(21)16-10-11-20(13-16)19(22)15-6-5-9-18(12-15)23-17-7-3-2-4-8-17/h5-6,9,12,14,16-17,21H,2-4,7-8,10-11,13H2,1H3. The first-order chi connectivity index (χ1) is 11.1. The first-order valence-electron chi connectivity index (χ1n) is 8.87. The maximum Gasteiger partial charge on any atom is 0.253 e. The Morgan fingerprint density at radius 2 is 2.04 bits per heavy atom. The van der Waals surface area contributed by atoms with Gasteiger partial charge in [0.2, 0.25) is 0 Å². The topological polar surface area (TPSA) is 49.8 Å². The van der Waals surface area contributed by atoms with E-state index >= 15 is 0 Å². The lowest BCUT2D eigenvalue weighted by Crippen LogP contribution is -2.30. The van der Waals surface area contributed by atoms with Crippen molar-refractivity contribution in [3.63, 3.8) is 0 Å². The molecule has 1 heterocycles. The van der Waals surface area contributed by atoms with Crippen LogP contribution in [0, 0.1) is 5.92 Å². The van der Waals surface area contributed by atoms with Crippen LogP contribution < -0.4 is 4.74 Å². The van der Waals surface area contributed by atoms with E-state index in [0.717, 1.165) is 31.6 Å². The number of amides is 1. The smallest absolute Gasteiger partial charge is 0.253 e. The van der Waals surface area contributed by atoms with Crippen molar-refractivity contribution in [2.24, 2.45) is 5.92 Å². The molecule has 4 nitrogen and oxygen atoms in total. The van der Waals surface area contributed by atoms with E-state index in [-0.39, 0.29) is 17.9 Å². The van der Waals surface area contributed by atoms with E-state index < -0.39 is 0 Å². The first-order valence-corrected chi connectivity index (χ1v) is 8.87. The number of aliphatic hydroxyl groups is 1. The highest BCUT2D eigenvalue weighted by atomic mass is 16.5. The molecule has 1 amide bonds. The van der Waals surface area contributed by atoms with Crippen LogP contribution in [0.5, 0.6) is 5.75 Å². The molecule has 0 spiro atoms. The molecule has 1 N–H and O–H groups in total. The van der Waals surface area contributed by atoms with Gasteiger partial charge in [0.15, 0.2) is 0 Å². The number of carbonyl (C=O) groups excluding carboxylic acids is 1. The summed E-state index contributed by atoms with van der Waals surface area (Å²) in [5.74, 6) is 1.04. The molecule has 0 aromatic heterocycles. The molecule has 0 radical (unpaired) electrons. The minimum absolute atomic E-state index is 0.0437. The predicted octanol–water partition coefficient (Wildman–Crippen LogP) is 3.24. The number of hydrogen-bond donors (Lipinski definition) is 1. The Morgan fingerprint density at radius 1 is 1.26 bits per heavy atom. The Kier molecular flexibility index (Phi) is 5.21. The van der Waals surface area contributed by atoms with Gasteiger partial charge in [-0.3, -0.25) is 4.79 Å². The summed E-state index contributed by atoms with van der Waals surface area (Å²) in [6, 6.07) is 7.56. The molecule has 1 aliphatic carbocycles. The van der Waals surface area contributed by atoms with Gasteiger partial charge in [-0.15, -0.1) is 0 Å². The minimum Gasteiger partial charge on any atom is -0.490 e. The van der Waals surface area contributed by atoms with Gasteiger partial charge in [-0.1, -0.05) is 12.5 Å². The predicted molar refractivity (Wildman–Crippen MR) is 89.6 cm³/mol. The zero-order chi connectivity index (χ0) is 16.2. The molecule has 2 fully saturated rings. The van der Waals surface area contributed by atoms with Gasteiger partial charge >= 0.3 is 0 Å². The lowest BCUT2D eigenvalue weighted by Gasteiger charge is -2.23. The lowest BCUT2D eigenvalue weighted by molar-refractivity contribution is 0.0761. The van der Waals surface area contributed by atoms with Gasteiger partial charge in [-0.25, -0.2) is 0 Å². The van der Waals surface area contributed by atoms with Gasteiger partial charge in [0, 0.05) is 24.6 Å². The van der Waals surface area contributed by atoms with Crippen molar-refractivity contribution in [2.75, 3.05) is 13.1 Å². The second kappa shape index (κ2) is 7.35. The lowest BCUT2D eigenvalue weighted by atomic mass is 9.98. The second-order valence-electron chi connectivity index (χ2n) is 6.95. The van der Waals surface area contributed by atoms with Crippen molar-refractivity contribution in [2.45, 2.75) is 57.7 Å². The summed E-state index contributed by atoms with van der Waals surface area (Å²) in [7, 11) is 0. The van der Waals surface area contributed by atoms with Crippen LogP contribution in [-0.4, -0.2) is 41.2 Å². The van der Waals surface area contributed by atoms with Crippen LogP contribution in [0.3, 0.4) is 0 Å². The molecule has 4 heteroatoms. The molecule has 2 atom stereocenters. The fourth-order valence-corrected chi connectivity index (χ4v) is 3.63. The van der Waals surface area contributed by atoms with Crippen LogP contribution in [0.4, 0.5) is 0 Å². The molecule has 126 valence electrons. The summed E-state index contributed by atoms with van der Waals surface area (Å²) >= 11 is 0. The average molecular weight is 317 g/mol. The van der Waals surface area contributed by atoms with Crippen molar-refractivity contribution in [3.8, 4) is 5.75 Å². The molecule has 1 saturated heterocycles. The summed E-state index contributed by atoms with van der Waals surface area (Å²) < 4.78 is 6.06. The van der Waals surface area contributed by atoms with E-state index in [1.165, 1.54) is 19.3 Å². The monoisotopic (exact) mass is 317 g/mol. The molecule has 1 aromatic carbocycles. The largest absolute Gasteiger partial charge is 0.490 e. The van der Waals surface area contributed by atoms with Crippen molar-refractivity contribution in [3.05, 3.63) is 29.8 Å². The summed E-state index contributed by atoms with van der Waals surface area (Å²) in [5.41, 5.74) is 0.685. The fourth-order valence-electron chi connectivity index (χ4n) is 3.63. The normalized spacial score (nSPS) is 23.7. The van der Waals surface area contributed by atoms with E-state index in [4.69, 9.17) is 4.74 Å². The van der Waals surface area contributed by atoms with Crippen LogP contribution in [0.25, 0.3) is 0 Å². The third kappa shape index (κ3) is 4.05. The van der Waals surface area contributed by atoms with Gasteiger partial charge in [0.25, 0.3) is 5.91 Å². The van der Waals surface area contributed by atoms with Gasteiger partial charge in [-0.2, -0.15) is 0 Å². The van der Waals surface area contributed by atoms with E-state index in [1.807, 2.05) is 29.2 Å². The van der Waals surface area contributed by atoms with Crippen molar-refractivity contribution in [1.82, 2.24) is 4.90 Å². The molecule has 23 heavy (non-hydrogen) atoms. The number of aliphatic hydroxyl groups excluding tert-OH is 1. The molecule has 3 rings (SSSR count). The second-order valence-corrected chi connectivity index (χ2v) is 6.95. The van der Waals surface area contributed by atoms with Gasteiger partial charge < -0.3 is 14.7 Å². The highest BCUT2D eigenvalue weighted by molar-refractivity contribution is 5.94. The summed E-state index contributed by atoms with van der Waals surface area (Å²) in [5, 5.41) is 9.69. The number of rotatable bonds is 4. The highest BCUT2D eigenvalue weighted by Gasteiger charge is 2.29. The number of likely N-dealkylation sites (tertiary alicyclic amines) is 1. The minimum atomic E-state index is -0.353. The Morgan fingerprint density at radius 3 is 2.74 bits per heavy atom. The van der Waals surface area contributed by atoms with Crippen LogP contribution in [0.15, 0.2) is 24.3 Å². The van der Waals surface area contributed by atoms with Crippen LogP contribution in [0.2, 0.25) is 0 Å². The quantitative estimate of drug-likeness (QED) is 0.927. The van der Waals surface area contributed by atoms with E-state index in [0.29, 0.717) is 18.2 Å². The van der Waals surface area contributed by atoms with Crippen molar-refractivity contribution < 1.29 is 14.6 Å². The first kappa shape index (κ1) is 16.3.